The number of fused-ring (bicyclic) bond motifs is 1. The standard InChI is InChI=1S/C14H14BrNO5S/c1-6-8(4-16-10(5-22)13(18)19)7-2-9(15)11(17)3-12(7)21-14(6)20/h2-3,10,16-17,22H,4-5H2,1H3,(H,18,19)/t10-/m0/s1. The van der Waals surface area contributed by atoms with Crippen molar-refractivity contribution < 1.29 is 19.4 Å². The summed E-state index contributed by atoms with van der Waals surface area (Å²) in [6.45, 7) is 1.78. The molecule has 2 aromatic rings. The van der Waals surface area contributed by atoms with Gasteiger partial charge in [-0.1, -0.05) is 0 Å². The summed E-state index contributed by atoms with van der Waals surface area (Å²) in [5.74, 6) is -0.936. The van der Waals surface area contributed by atoms with Gasteiger partial charge < -0.3 is 14.6 Å². The second-order valence-corrected chi connectivity index (χ2v) is 5.97. The first-order valence-corrected chi connectivity index (χ1v) is 7.79. The van der Waals surface area contributed by atoms with Crippen molar-refractivity contribution in [3.63, 3.8) is 0 Å². The summed E-state index contributed by atoms with van der Waals surface area (Å²) >= 11 is 7.20. The Hall–Kier alpha value is -1.51. The molecule has 0 aliphatic heterocycles. The molecule has 0 saturated heterocycles. The molecular formula is C14H14BrNO5S. The molecule has 0 bridgehead atoms. The zero-order valence-corrected chi connectivity index (χ0v) is 14.1. The lowest BCUT2D eigenvalue weighted by Crippen LogP contribution is -2.38. The zero-order chi connectivity index (χ0) is 16.4. The molecule has 1 aromatic carbocycles. The second kappa shape index (κ2) is 6.72. The number of nitrogens with one attached hydrogen (secondary N) is 1. The monoisotopic (exact) mass is 387 g/mol. The summed E-state index contributed by atoms with van der Waals surface area (Å²) in [5.41, 5.74) is 0.732. The summed E-state index contributed by atoms with van der Waals surface area (Å²) in [6.07, 6.45) is 0. The maximum absolute atomic E-state index is 11.9. The third-order valence-corrected chi connectivity index (χ3v) is 4.34. The minimum absolute atomic E-state index is 0.0443. The minimum Gasteiger partial charge on any atom is -0.507 e. The molecule has 8 heteroatoms. The van der Waals surface area contributed by atoms with Crippen LogP contribution < -0.4 is 10.9 Å². The molecule has 0 aliphatic rings. The van der Waals surface area contributed by atoms with Crippen LogP contribution in [-0.4, -0.2) is 28.0 Å². The topological polar surface area (TPSA) is 99.8 Å². The second-order valence-electron chi connectivity index (χ2n) is 4.75. The van der Waals surface area contributed by atoms with Crippen LogP contribution in [-0.2, 0) is 11.3 Å². The first-order chi connectivity index (χ1) is 10.3. The Balaban J connectivity index is 2.51. The molecule has 0 fully saturated rings. The van der Waals surface area contributed by atoms with Crippen LogP contribution in [0.15, 0.2) is 25.8 Å². The highest BCUT2D eigenvalue weighted by Gasteiger charge is 2.18. The van der Waals surface area contributed by atoms with Gasteiger partial charge in [-0.25, -0.2) is 4.79 Å². The van der Waals surface area contributed by atoms with Gasteiger partial charge in [-0.3, -0.25) is 10.1 Å². The zero-order valence-electron chi connectivity index (χ0n) is 11.6. The molecule has 0 spiro atoms. The van der Waals surface area contributed by atoms with Crippen LogP contribution in [0.2, 0.25) is 0 Å². The number of carbonyl (C=O) groups is 1. The predicted octanol–water partition coefficient (Wildman–Crippen LogP) is 2.04. The lowest BCUT2D eigenvalue weighted by Gasteiger charge is -2.14. The van der Waals surface area contributed by atoms with E-state index < -0.39 is 17.6 Å². The number of carboxylic acids is 1. The Kier molecular flexibility index (Phi) is 5.15. The van der Waals surface area contributed by atoms with E-state index >= 15 is 0 Å². The average molecular weight is 388 g/mol. The summed E-state index contributed by atoms with van der Waals surface area (Å²) in [4.78, 5) is 22.9. The van der Waals surface area contributed by atoms with Crippen LogP contribution in [0.3, 0.4) is 0 Å². The number of rotatable bonds is 5. The average Bonchev–Trinajstić information content (AvgIpc) is 2.45. The predicted molar refractivity (Wildman–Crippen MR) is 88.7 cm³/mol. The third-order valence-electron chi connectivity index (χ3n) is 3.34. The number of phenols is 1. The van der Waals surface area contributed by atoms with E-state index in [4.69, 9.17) is 9.52 Å². The van der Waals surface area contributed by atoms with Gasteiger partial charge in [-0.15, -0.1) is 0 Å². The highest BCUT2D eigenvalue weighted by Crippen LogP contribution is 2.31. The van der Waals surface area contributed by atoms with Gasteiger partial charge in [-0.05, 0) is 34.5 Å². The maximum atomic E-state index is 11.9. The van der Waals surface area contributed by atoms with E-state index in [1.54, 1.807) is 13.0 Å². The largest absolute Gasteiger partial charge is 0.507 e. The normalized spacial score (nSPS) is 12.5. The molecule has 0 saturated carbocycles. The van der Waals surface area contributed by atoms with Gasteiger partial charge in [0.25, 0.3) is 0 Å². The van der Waals surface area contributed by atoms with Crippen molar-refractivity contribution in [3.8, 4) is 5.75 Å². The molecule has 2 rings (SSSR count). The molecular weight excluding hydrogens is 374 g/mol. The summed E-state index contributed by atoms with van der Waals surface area (Å²) < 4.78 is 5.61. The summed E-state index contributed by atoms with van der Waals surface area (Å²) in [5, 5.41) is 22.2. The fourth-order valence-corrected chi connectivity index (χ4v) is 2.68. The molecule has 0 radical (unpaired) electrons. The lowest BCUT2D eigenvalue weighted by molar-refractivity contribution is -0.138. The molecule has 0 unspecified atom stereocenters. The van der Waals surface area contributed by atoms with E-state index in [0.717, 1.165) is 0 Å². The van der Waals surface area contributed by atoms with E-state index in [0.29, 0.717) is 21.0 Å². The van der Waals surface area contributed by atoms with E-state index in [1.807, 2.05) is 0 Å². The van der Waals surface area contributed by atoms with Crippen molar-refractivity contribution >= 4 is 45.5 Å². The van der Waals surface area contributed by atoms with Crippen molar-refractivity contribution in [2.45, 2.75) is 19.5 Å². The van der Waals surface area contributed by atoms with Crippen LogP contribution in [0, 0.1) is 6.92 Å². The van der Waals surface area contributed by atoms with Crippen LogP contribution in [0.25, 0.3) is 11.0 Å². The van der Waals surface area contributed by atoms with Gasteiger partial charge in [0, 0.05) is 29.3 Å². The molecule has 6 nitrogen and oxygen atoms in total. The van der Waals surface area contributed by atoms with Crippen molar-refractivity contribution in [3.05, 3.63) is 38.2 Å². The van der Waals surface area contributed by atoms with Crippen molar-refractivity contribution in [1.29, 1.82) is 0 Å². The van der Waals surface area contributed by atoms with Gasteiger partial charge in [0.1, 0.15) is 17.4 Å². The Bertz CT molecular complexity index is 789. The molecule has 1 heterocycles. The maximum Gasteiger partial charge on any atom is 0.339 e. The summed E-state index contributed by atoms with van der Waals surface area (Å²) in [6, 6.07) is 2.15. The number of halogens is 1. The number of hydrogen-bond acceptors (Lipinski definition) is 6. The molecule has 1 aromatic heterocycles. The Morgan fingerprint density at radius 3 is 2.77 bits per heavy atom. The number of aliphatic carboxylic acids is 1. The number of benzene rings is 1. The Morgan fingerprint density at radius 1 is 1.50 bits per heavy atom. The smallest absolute Gasteiger partial charge is 0.339 e. The number of hydrogen-bond donors (Lipinski definition) is 4. The number of phenolic OH excluding ortho intramolecular Hbond substituents is 1. The molecule has 3 N–H and O–H groups in total. The SMILES string of the molecule is Cc1c(CN[C@@H](CS)C(=O)O)c2cc(Br)c(O)cc2oc1=O. The van der Waals surface area contributed by atoms with E-state index in [9.17, 15) is 14.7 Å². The number of thiol groups is 1. The van der Waals surface area contributed by atoms with Gasteiger partial charge in [0.2, 0.25) is 0 Å². The highest BCUT2D eigenvalue weighted by atomic mass is 79.9. The minimum atomic E-state index is -1.02. The van der Waals surface area contributed by atoms with Gasteiger partial charge in [-0.2, -0.15) is 12.6 Å². The van der Waals surface area contributed by atoms with Crippen LogP contribution >= 0.6 is 28.6 Å². The number of aromatic hydroxyl groups is 1. The highest BCUT2D eigenvalue weighted by molar-refractivity contribution is 9.10. The number of carboxylic acid groups (broad SMARTS) is 1. The van der Waals surface area contributed by atoms with Crippen LogP contribution in [0.1, 0.15) is 11.1 Å². The van der Waals surface area contributed by atoms with Crippen LogP contribution in [0.4, 0.5) is 0 Å². The Labute approximate surface area is 139 Å². The van der Waals surface area contributed by atoms with Crippen LogP contribution in [0.5, 0.6) is 5.75 Å². The molecule has 1 atom stereocenters. The van der Waals surface area contributed by atoms with Crippen molar-refractivity contribution in [2.24, 2.45) is 0 Å². The molecule has 22 heavy (non-hydrogen) atoms. The fraction of sp³-hybridized carbons (Fsp3) is 0.286. The van der Waals surface area contributed by atoms with Gasteiger partial charge in [0.05, 0.1) is 4.47 Å². The summed E-state index contributed by atoms with van der Waals surface area (Å²) in [7, 11) is 0. The fourth-order valence-electron chi connectivity index (χ4n) is 2.05. The molecule has 0 amide bonds. The van der Waals surface area contributed by atoms with Crippen molar-refractivity contribution in [1.82, 2.24) is 5.32 Å². The first kappa shape index (κ1) is 16.9. The Morgan fingerprint density at radius 2 is 2.18 bits per heavy atom. The lowest BCUT2D eigenvalue weighted by atomic mass is 10.0. The van der Waals surface area contributed by atoms with E-state index in [1.165, 1.54) is 6.07 Å². The molecule has 118 valence electrons. The first-order valence-electron chi connectivity index (χ1n) is 6.37. The van der Waals surface area contributed by atoms with E-state index in [-0.39, 0.29) is 23.6 Å². The van der Waals surface area contributed by atoms with Gasteiger partial charge >= 0.3 is 11.6 Å². The van der Waals surface area contributed by atoms with E-state index in [2.05, 4.69) is 33.9 Å². The third kappa shape index (κ3) is 3.29. The van der Waals surface area contributed by atoms with Gasteiger partial charge in [0.15, 0.2) is 0 Å². The quantitative estimate of drug-likeness (QED) is 0.462. The van der Waals surface area contributed by atoms with Crippen molar-refractivity contribution in [2.75, 3.05) is 5.75 Å². The molecule has 0 aliphatic carbocycles.